The summed E-state index contributed by atoms with van der Waals surface area (Å²) in [5.74, 6) is -1.29. The Bertz CT molecular complexity index is 688. The van der Waals surface area contributed by atoms with Crippen LogP contribution in [0.15, 0.2) is 34.9 Å². The fourth-order valence-electron chi connectivity index (χ4n) is 3.76. The predicted molar refractivity (Wildman–Crippen MR) is 76.9 cm³/mol. The Hall–Kier alpha value is -1.78. The summed E-state index contributed by atoms with van der Waals surface area (Å²) in [7, 11) is 0. The lowest BCUT2D eigenvalue weighted by molar-refractivity contribution is -0.0888. The maximum absolute atomic E-state index is 13.0. The van der Waals surface area contributed by atoms with Gasteiger partial charge in [-0.1, -0.05) is 49.3 Å². The van der Waals surface area contributed by atoms with Gasteiger partial charge in [0.1, 0.15) is 0 Å². The zero-order valence-corrected chi connectivity index (χ0v) is 12.6. The molecule has 2 fully saturated rings. The van der Waals surface area contributed by atoms with Gasteiger partial charge in [-0.25, -0.2) is 8.78 Å². The lowest BCUT2D eigenvalue weighted by Gasteiger charge is -2.32. The number of benzene rings is 1. The Labute approximate surface area is 127 Å². The molecule has 22 heavy (non-hydrogen) atoms. The Balaban J connectivity index is 1.55. The van der Waals surface area contributed by atoms with Crippen LogP contribution in [0.25, 0.3) is 0 Å². The molecule has 0 radical (unpaired) electrons. The lowest BCUT2D eigenvalue weighted by Crippen LogP contribution is -2.34. The zero-order valence-electron chi connectivity index (χ0n) is 12.6. The number of hydrogen-bond donors (Lipinski definition) is 0. The maximum Gasteiger partial charge on any atom is 0.249 e. The van der Waals surface area contributed by atoms with Crippen LogP contribution in [0.3, 0.4) is 0 Å². The molecular formula is C17H18F2N2O. The predicted octanol–water partition coefficient (Wildman–Crippen LogP) is 4.49. The second-order valence-corrected chi connectivity index (χ2v) is 7.14. The van der Waals surface area contributed by atoms with Gasteiger partial charge in [-0.3, -0.25) is 0 Å². The van der Waals surface area contributed by atoms with Crippen molar-refractivity contribution < 1.29 is 13.3 Å². The summed E-state index contributed by atoms with van der Waals surface area (Å²) in [6.45, 7) is 4.35. The molecule has 0 unspecified atom stereocenters. The molecule has 2 atom stereocenters. The Kier molecular flexibility index (Phi) is 2.75. The SMILES string of the molecule is CC1(C)[C@@H](c2ccccc2)[C@@H]1c1nc(C2CC(F)(F)C2)no1. The van der Waals surface area contributed by atoms with Crippen LogP contribution >= 0.6 is 0 Å². The highest BCUT2D eigenvalue weighted by Crippen LogP contribution is 2.69. The molecule has 1 aromatic heterocycles. The van der Waals surface area contributed by atoms with Crippen LogP contribution < -0.4 is 0 Å². The average molecular weight is 304 g/mol. The number of alkyl halides is 2. The van der Waals surface area contributed by atoms with E-state index in [2.05, 4.69) is 36.1 Å². The van der Waals surface area contributed by atoms with Crippen molar-refractivity contribution in [2.45, 2.75) is 50.4 Å². The van der Waals surface area contributed by atoms with Crippen LogP contribution in [0, 0.1) is 5.41 Å². The highest BCUT2D eigenvalue weighted by atomic mass is 19.3. The van der Waals surface area contributed by atoms with Gasteiger partial charge in [0.05, 0.1) is 5.92 Å². The average Bonchev–Trinajstić information content (AvgIpc) is 2.82. The molecule has 0 bridgehead atoms. The summed E-state index contributed by atoms with van der Waals surface area (Å²) in [6, 6.07) is 10.3. The fraction of sp³-hybridized carbons (Fsp3) is 0.529. The van der Waals surface area contributed by atoms with Crippen molar-refractivity contribution in [1.82, 2.24) is 10.1 Å². The molecule has 2 aromatic rings. The van der Waals surface area contributed by atoms with E-state index in [1.807, 2.05) is 18.2 Å². The van der Waals surface area contributed by atoms with Gasteiger partial charge in [0, 0.05) is 24.7 Å². The monoisotopic (exact) mass is 304 g/mol. The van der Waals surface area contributed by atoms with Gasteiger partial charge in [0.15, 0.2) is 5.82 Å². The van der Waals surface area contributed by atoms with E-state index in [0.29, 0.717) is 17.6 Å². The Morgan fingerprint density at radius 3 is 2.41 bits per heavy atom. The van der Waals surface area contributed by atoms with Crippen molar-refractivity contribution >= 4 is 0 Å². The number of hydrogen-bond acceptors (Lipinski definition) is 3. The van der Waals surface area contributed by atoms with Gasteiger partial charge in [0.25, 0.3) is 0 Å². The Morgan fingerprint density at radius 2 is 1.77 bits per heavy atom. The third-order valence-corrected chi connectivity index (χ3v) is 5.16. The molecular weight excluding hydrogens is 286 g/mol. The first-order valence-corrected chi connectivity index (χ1v) is 7.65. The van der Waals surface area contributed by atoms with Crippen molar-refractivity contribution in [1.29, 1.82) is 0 Å². The second kappa shape index (κ2) is 4.37. The summed E-state index contributed by atoms with van der Waals surface area (Å²) in [5, 5.41) is 3.94. The number of halogens is 2. The van der Waals surface area contributed by atoms with Crippen molar-refractivity contribution in [3.05, 3.63) is 47.6 Å². The lowest BCUT2D eigenvalue weighted by atomic mass is 9.81. The largest absolute Gasteiger partial charge is 0.339 e. The summed E-state index contributed by atoms with van der Waals surface area (Å²) >= 11 is 0. The van der Waals surface area contributed by atoms with E-state index in [4.69, 9.17) is 4.52 Å². The van der Waals surface area contributed by atoms with E-state index >= 15 is 0 Å². The normalized spacial score (nSPS) is 29.1. The standard InChI is InChI=1S/C17H18F2N2O/c1-16(2)12(10-6-4-3-5-7-10)13(16)15-20-14(21-22-15)11-8-17(18,19)9-11/h3-7,11-13H,8-9H2,1-2H3/t12-,13+/m0/s1. The Morgan fingerprint density at radius 1 is 1.09 bits per heavy atom. The molecule has 1 heterocycles. The number of rotatable bonds is 3. The first-order chi connectivity index (χ1) is 10.4. The second-order valence-electron chi connectivity index (χ2n) is 7.14. The van der Waals surface area contributed by atoms with Gasteiger partial charge in [-0.05, 0) is 11.0 Å². The minimum atomic E-state index is -2.56. The van der Waals surface area contributed by atoms with Gasteiger partial charge in [-0.15, -0.1) is 0 Å². The first-order valence-electron chi connectivity index (χ1n) is 7.65. The molecule has 2 aliphatic carbocycles. The smallest absolute Gasteiger partial charge is 0.249 e. The minimum Gasteiger partial charge on any atom is -0.339 e. The molecule has 0 amide bonds. The summed E-state index contributed by atoms with van der Waals surface area (Å²) in [5.41, 5.74) is 1.31. The minimum absolute atomic E-state index is 0.0503. The first kappa shape index (κ1) is 13.9. The number of nitrogens with zero attached hydrogens (tertiary/aromatic N) is 2. The quantitative estimate of drug-likeness (QED) is 0.838. The van der Waals surface area contributed by atoms with E-state index < -0.39 is 5.92 Å². The topological polar surface area (TPSA) is 38.9 Å². The molecule has 0 spiro atoms. The van der Waals surface area contributed by atoms with E-state index in [0.717, 1.165) is 0 Å². The maximum atomic E-state index is 13.0. The summed E-state index contributed by atoms with van der Waals surface area (Å²) in [4.78, 5) is 4.42. The molecule has 0 aliphatic heterocycles. The van der Waals surface area contributed by atoms with Crippen molar-refractivity contribution in [3.63, 3.8) is 0 Å². The van der Waals surface area contributed by atoms with Gasteiger partial charge < -0.3 is 4.52 Å². The summed E-state index contributed by atoms with van der Waals surface area (Å²) in [6.07, 6.45) is -0.329. The zero-order chi connectivity index (χ0) is 15.5. The molecule has 2 aliphatic rings. The third-order valence-electron chi connectivity index (χ3n) is 5.16. The van der Waals surface area contributed by atoms with Crippen LogP contribution in [0.5, 0.6) is 0 Å². The van der Waals surface area contributed by atoms with E-state index in [1.165, 1.54) is 5.56 Å². The fourth-order valence-corrected chi connectivity index (χ4v) is 3.76. The molecule has 2 saturated carbocycles. The van der Waals surface area contributed by atoms with Crippen LogP contribution in [0.1, 0.15) is 61.7 Å². The highest BCUT2D eigenvalue weighted by molar-refractivity contribution is 5.37. The molecule has 1 aromatic carbocycles. The van der Waals surface area contributed by atoms with Crippen LogP contribution in [-0.2, 0) is 0 Å². The van der Waals surface area contributed by atoms with Crippen LogP contribution in [0.4, 0.5) is 8.78 Å². The molecule has 116 valence electrons. The van der Waals surface area contributed by atoms with E-state index in [-0.39, 0.29) is 30.1 Å². The molecule has 4 rings (SSSR count). The van der Waals surface area contributed by atoms with Crippen LogP contribution in [0.2, 0.25) is 0 Å². The molecule has 0 saturated heterocycles. The van der Waals surface area contributed by atoms with E-state index in [9.17, 15) is 8.78 Å². The van der Waals surface area contributed by atoms with Gasteiger partial charge >= 0.3 is 0 Å². The molecule has 0 N–H and O–H groups in total. The molecule has 5 heteroatoms. The number of aromatic nitrogens is 2. The van der Waals surface area contributed by atoms with Crippen LogP contribution in [-0.4, -0.2) is 16.1 Å². The third kappa shape index (κ3) is 2.06. The van der Waals surface area contributed by atoms with Gasteiger partial charge in [0.2, 0.25) is 11.8 Å². The summed E-state index contributed by atoms with van der Waals surface area (Å²) < 4.78 is 31.3. The van der Waals surface area contributed by atoms with Crippen molar-refractivity contribution in [2.24, 2.45) is 5.41 Å². The van der Waals surface area contributed by atoms with Gasteiger partial charge in [-0.2, -0.15) is 4.98 Å². The van der Waals surface area contributed by atoms with E-state index in [1.54, 1.807) is 0 Å². The van der Waals surface area contributed by atoms with Crippen molar-refractivity contribution in [3.8, 4) is 0 Å². The highest BCUT2D eigenvalue weighted by Gasteiger charge is 2.62. The molecule has 3 nitrogen and oxygen atoms in total. The van der Waals surface area contributed by atoms with Crippen molar-refractivity contribution in [2.75, 3.05) is 0 Å².